The fourth-order valence-electron chi connectivity index (χ4n) is 3.60. The summed E-state index contributed by atoms with van der Waals surface area (Å²) in [6.45, 7) is 1.72. The smallest absolute Gasteiger partial charge is 0.433 e. The van der Waals surface area contributed by atoms with Gasteiger partial charge in [-0.15, -0.1) is 11.3 Å². The average molecular weight is 527 g/mol. The Bertz CT molecular complexity index is 1590. The van der Waals surface area contributed by atoms with Gasteiger partial charge in [-0.05, 0) is 36.6 Å². The minimum absolute atomic E-state index is 0.0185. The lowest BCUT2D eigenvalue weighted by Crippen LogP contribution is -2.19. The molecule has 0 spiro atoms. The maximum atomic E-state index is 13.9. The van der Waals surface area contributed by atoms with Crippen LogP contribution in [0.15, 0.2) is 66.2 Å². The van der Waals surface area contributed by atoms with Crippen molar-refractivity contribution in [2.45, 2.75) is 13.1 Å². The van der Waals surface area contributed by atoms with Gasteiger partial charge in [0, 0.05) is 6.07 Å². The molecule has 5 aromatic rings. The molecule has 0 saturated heterocycles. The second-order valence-corrected chi connectivity index (χ2v) is 8.58. The van der Waals surface area contributed by atoms with Gasteiger partial charge in [0.2, 0.25) is 0 Å². The zero-order valence-corrected chi connectivity index (χ0v) is 19.9. The molecule has 0 aliphatic heterocycles. The number of thiophene rings is 1. The van der Waals surface area contributed by atoms with Crippen molar-refractivity contribution in [2.24, 2.45) is 0 Å². The third-order valence-electron chi connectivity index (χ3n) is 5.22. The predicted octanol–water partition coefficient (Wildman–Crippen LogP) is 5.09. The third-order valence-corrected chi connectivity index (χ3v) is 6.11. The van der Waals surface area contributed by atoms with Gasteiger partial charge in [0.05, 0.1) is 29.1 Å². The Morgan fingerprint density at radius 2 is 1.89 bits per heavy atom. The number of carbonyl (C=O) groups is 2. The lowest BCUT2D eigenvalue weighted by Gasteiger charge is -2.10. The van der Waals surface area contributed by atoms with Crippen molar-refractivity contribution in [1.82, 2.24) is 24.4 Å². The zero-order chi connectivity index (χ0) is 26.2. The molecule has 1 amide bonds. The van der Waals surface area contributed by atoms with Crippen molar-refractivity contribution >= 4 is 34.7 Å². The van der Waals surface area contributed by atoms with Crippen LogP contribution in [-0.4, -0.2) is 42.9 Å². The second-order valence-electron chi connectivity index (χ2n) is 7.63. The number of aromatic nitrogens is 5. The number of fused-ring (bicyclic) bond motifs is 1. The van der Waals surface area contributed by atoms with Crippen LogP contribution in [0.4, 0.5) is 19.0 Å². The lowest BCUT2D eigenvalue weighted by atomic mass is 10.2. The van der Waals surface area contributed by atoms with E-state index in [4.69, 9.17) is 4.74 Å². The molecule has 5 rings (SSSR count). The number of esters is 1. The van der Waals surface area contributed by atoms with Crippen LogP contribution in [0.25, 0.3) is 21.9 Å². The molecule has 0 aliphatic rings. The van der Waals surface area contributed by atoms with Gasteiger partial charge in [0.25, 0.3) is 5.91 Å². The summed E-state index contributed by atoms with van der Waals surface area (Å²) < 4.78 is 48.5. The summed E-state index contributed by atoms with van der Waals surface area (Å²) in [4.78, 5) is 30.5. The van der Waals surface area contributed by atoms with Crippen molar-refractivity contribution in [3.05, 3.63) is 83.1 Å². The lowest BCUT2D eigenvalue weighted by molar-refractivity contribution is -0.142. The maximum absolute atomic E-state index is 13.9. The molecule has 0 saturated carbocycles. The predicted molar refractivity (Wildman–Crippen MR) is 129 cm³/mol. The van der Waals surface area contributed by atoms with Crippen LogP contribution in [0.2, 0.25) is 0 Å². The second kappa shape index (κ2) is 9.50. The van der Waals surface area contributed by atoms with E-state index in [1.54, 1.807) is 54.8 Å². The molecule has 0 atom stereocenters. The summed E-state index contributed by atoms with van der Waals surface area (Å²) in [7, 11) is 0. The molecule has 4 aromatic heterocycles. The van der Waals surface area contributed by atoms with E-state index in [1.807, 2.05) is 0 Å². The zero-order valence-electron chi connectivity index (χ0n) is 19.1. The standard InChI is InChI=1S/C24H17F3N6O3S/c1-2-36-23(35)15-13-28-32(14-7-4-3-5-8-14)21(15)30-22(34)17-12-20-29-16(18-9-6-10-37-18)11-19(24(25,26)27)33(20)31-17/h3-13H,2H2,1H3,(H,30,34). The quantitative estimate of drug-likeness (QED) is 0.309. The van der Waals surface area contributed by atoms with Gasteiger partial charge >= 0.3 is 12.1 Å². The number of hydrogen-bond acceptors (Lipinski definition) is 7. The molecule has 13 heteroatoms. The highest BCUT2D eigenvalue weighted by Crippen LogP contribution is 2.33. The number of para-hydroxylation sites is 1. The van der Waals surface area contributed by atoms with Gasteiger partial charge in [-0.1, -0.05) is 24.3 Å². The van der Waals surface area contributed by atoms with Gasteiger partial charge < -0.3 is 10.1 Å². The number of rotatable bonds is 6. The van der Waals surface area contributed by atoms with Gasteiger partial charge in [-0.25, -0.2) is 19.0 Å². The van der Waals surface area contributed by atoms with Crippen molar-refractivity contribution in [2.75, 3.05) is 11.9 Å². The Morgan fingerprint density at radius 1 is 1.11 bits per heavy atom. The molecular weight excluding hydrogens is 509 g/mol. The van der Waals surface area contributed by atoms with Gasteiger partial charge in [0.15, 0.2) is 22.9 Å². The fraction of sp³-hybridized carbons (Fsp3) is 0.125. The molecule has 37 heavy (non-hydrogen) atoms. The molecule has 0 bridgehead atoms. The molecule has 0 unspecified atom stereocenters. The fourth-order valence-corrected chi connectivity index (χ4v) is 4.29. The van der Waals surface area contributed by atoms with Crippen LogP contribution in [0.5, 0.6) is 0 Å². The van der Waals surface area contributed by atoms with E-state index in [9.17, 15) is 22.8 Å². The molecule has 9 nitrogen and oxygen atoms in total. The van der Waals surface area contributed by atoms with Crippen LogP contribution in [-0.2, 0) is 10.9 Å². The Kier molecular flexibility index (Phi) is 6.21. The Balaban J connectivity index is 1.57. The number of nitrogens with one attached hydrogen (secondary N) is 1. The van der Waals surface area contributed by atoms with Crippen LogP contribution >= 0.6 is 11.3 Å². The van der Waals surface area contributed by atoms with Gasteiger partial charge in [-0.2, -0.15) is 23.4 Å². The number of halogens is 3. The van der Waals surface area contributed by atoms with Crippen molar-refractivity contribution in [3.63, 3.8) is 0 Å². The number of amides is 1. The van der Waals surface area contributed by atoms with E-state index in [1.165, 1.54) is 22.2 Å². The molecule has 4 heterocycles. The summed E-state index contributed by atoms with van der Waals surface area (Å²) in [5.74, 6) is -1.61. The molecule has 0 radical (unpaired) electrons. The number of benzene rings is 1. The van der Waals surface area contributed by atoms with E-state index < -0.39 is 23.7 Å². The van der Waals surface area contributed by atoms with Crippen LogP contribution in [0.1, 0.15) is 33.5 Å². The van der Waals surface area contributed by atoms with Crippen molar-refractivity contribution in [1.29, 1.82) is 0 Å². The highest BCUT2D eigenvalue weighted by Gasteiger charge is 2.36. The van der Waals surface area contributed by atoms with Crippen LogP contribution in [0, 0.1) is 0 Å². The van der Waals surface area contributed by atoms with Crippen LogP contribution in [0.3, 0.4) is 0 Å². The average Bonchev–Trinajstić information content (AvgIpc) is 3.63. The topological polar surface area (TPSA) is 103 Å². The highest BCUT2D eigenvalue weighted by molar-refractivity contribution is 7.13. The first kappa shape index (κ1) is 24.2. The molecule has 0 aliphatic carbocycles. The third kappa shape index (κ3) is 4.68. The highest BCUT2D eigenvalue weighted by atomic mass is 32.1. The Hall–Kier alpha value is -4.52. The number of anilines is 1. The van der Waals surface area contributed by atoms with E-state index >= 15 is 0 Å². The molecule has 188 valence electrons. The minimum atomic E-state index is -4.75. The first-order valence-electron chi connectivity index (χ1n) is 10.9. The van der Waals surface area contributed by atoms with Crippen LogP contribution < -0.4 is 5.32 Å². The van der Waals surface area contributed by atoms with E-state index in [0.29, 0.717) is 15.1 Å². The Morgan fingerprint density at radius 3 is 2.57 bits per heavy atom. The minimum Gasteiger partial charge on any atom is -0.462 e. The van der Waals surface area contributed by atoms with Gasteiger partial charge in [0.1, 0.15) is 5.56 Å². The number of nitrogens with zero attached hydrogens (tertiary/aromatic N) is 5. The van der Waals surface area contributed by atoms with E-state index in [-0.39, 0.29) is 35.0 Å². The van der Waals surface area contributed by atoms with E-state index in [2.05, 4.69) is 20.5 Å². The summed E-state index contributed by atoms with van der Waals surface area (Å²) in [6.07, 6.45) is -3.52. The SMILES string of the molecule is CCOC(=O)c1cnn(-c2ccccc2)c1NC(=O)c1cc2nc(-c3cccs3)cc(C(F)(F)F)n2n1. The van der Waals surface area contributed by atoms with Gasteiger partial charge in [-0.3, -0.25) is 4.79 Å². The maximum Gasteiger partial charge on any atom is 0.433 e. The normalized spacial score (nSPS) is 11.6. The van der Waals surface area contributed by atoms with Crippen molar-refractivity contribution < 1.29 is 27.5 Å². The summed E-state index contributed by atoms with van der Waals surface area (Å²) in [5, 5.41) is 12.3. The summed E-state index contributed by atoms with van der Waals surface area (Å²) in [5.41, 5.74) is -0.973. The number of alkyl halides is 3. The molecule has 1 aromatic carbocycles. The Labute approximate surface area is 211 Å². The largest absolute Gasteiger partial charge is 0.462 e. The van der Waals surface area contributed by atoms with Crippen molar-refractivity contribution in [3.8, 4) is 16.3 Å². The molecule has 1 N–H and O–H groups in total. The first-order valence-corrected chi connectivity index (χ1v) is 11.8. The number of ether oxygens (including phenoxy) is 1. The number of carbonyl (C=O) groups excluding carboxylic acids is 2. The monoisotopic (exact) mass is 526 g/mol. The first-order chi connectivity index (χ1) is 17.8. The molecular formula is C24H17F3N6O3S. The molecule has 0 fully saturated rings. The summed E-state index contributed by atoms with van der Waals surface area (Å²) in [6, 6.07) is 14.0. The van der Waals surface area contributed by atoms with E-state index in [0.717, 1.165) is 12.1 Å². The summed E-state index contributed by atoms with van der Waals surface area (Å²) >= 11 is 1.24. The number of hydrogen-bond donors (Lipinski definition) is 1.